The molecule has 0 aliphatic rings. The van der Waals surface area contributed by atoms with E-state index < -0.39 is 6.04 Å². The molecule has 3 aromatic rings. The van der Waals surface area contributed by atoms with Crippen LogP contribution >= 0.6 is 35.0 Å². The molecule has 0 aromatic heterocycles. The molecule has 0 aliphatic heterocycles. The number of nitrogens with zero attached hydrogens (tertiary/aromatic N) is 1. The van der Waals surface area contributed by atoms with E-state index in [9.17, 15) is 9.59 Å². The van der Waals surface area contributed by atoms with Crippen molar-refractivity contribution < 1.29 is 14.3 Å². The normalized spacial score (nSPS) is 11.6. The number of unbranched alkanes of at least 4 members (excludes halogenated alkanes) is 1. The molecule has 0 saturated carbocycles. The number of thioether (sulfide) groups is 1. The second kappa shape index (κ2) is 15.7. The van der Waals surface area contributed by atoms with Gasteiger partial charge in [0.1, 0.15) is 11.8 Å². The maximum absolute atomic E-state index is 13.7. The Morgan fingerprint density at radius 2 is 1.74 bits per heavy atom. The number of halogens is 2. The molecule has 3 aromatic carbocycles. The summed E-state index contributed by atoms with van der Waals surface area (Å²) in [5, 5.41) is 4.02. The predicted molar refractivity (Wildman–Crippen MR) is 158 cm³/mol. The molecule has 5 nitrogen and oxygen atoms in total. The van der Waals surface area contributed by atoms with Crippen LogP contribution in [-0.4, -0.2) is 42.2 Å². The number of benzene rings is 3. The molecule has 202 valence electrons. The Balaban J connectivity index is 1.84. The van der Waals surface area contributed by atoms with Crippen molar-refractivity contribution >= 4 is 46.8 Å². The zero-order chi connectivity index (χ0) is 27.3. The SMILES string of the molecule is CCCCNC(=O)[C@H](Cc1ccccc1)N(Cc1ccc(Cl)cc1Cl)C(=O)CSCc1ccc(OC)cc1. The zero-order valence-electron chi connectivity index (χ0n) is 21.8. The van der Waals surface area contributed by atoms with Crippen LogP contribution in [0.5, 0.6) is 5.75 Å². The minimum absolute atomic E-state index is 0.124. The molecule has 0 unspecified atom stereocenters. The average molecular weight is 574 g/mol. The number of amides is 2. The smallest absolute Gasteiger partial charge is 0.243 e. The average Bonchev–Trinajstić information content (AvgIpc) is 2.92. The van der Waals surface area contributed by atoms with E-state index in [1.807, 2.05) is 60.7 Å². The van der Waals surface area contributed by atoms with Gasteiger partial charge in [-0.25, -0.2) is 0 Å². The van der Waals surface area contributed by atoms with Gasteiger partial charge in [0.05, 0.1) is 12.9 Å². The fourth-order valence-electron chi connectivity index (χ4n) is 3.95. The van der Waals surface area contributed by atoms with Crippen molar-refractivity contribution in [2.24, 2.45) is 0 Å². The topological polar surface area (TPSA) is 58.6 Å². The molecule has 8 heteroatoms. The molecular weight excluding hydrogens is 539 g/mol. The Kier molecular flexibility index (Phi) is 12.3. The third-order valence-electron chi connectivity index (χ3n) is 6.11. The highest BCUT2D eigenvalue weighted by Crippen LogP contribution is 2.25. The summed E-state index contributed by atoms with van der Waals surface area (Å²) in [7, 11) is 1.63. The van der Waals surface area contributed by atoms with Crippen LogP contribution in [0.4, 0.5) is 0 Å². The van der Waals surface area contributed by atoms with Gasteiger partial charge >= 0.3 is 0 Å². The number of carbonyl (C=O) groups is 2. The van der Waals surface area contributed by atoms with Crippen LogP contribution in [0.15, 0.2) is 72.8 Å². The lowest BCUT2D eigenvalue weighted by Gasteiger charge is -2.32. The maximum atomic E-state index is 13.7. The Labute approximate surface area is 239 Å². The van der Waals surface area contributed by atoms with Gasteiger partial charge < -0.3 is 15.0 Å². The van der Waals surface area contributed by atoms with Crippen molar-refractivity contribution in [3.63, 3.8) is 0 Å². The highest BCUT2D eigenvalue weighted by atomic mass is 35.5. The largest absolute Gasteiger partial charge is 0.497 e. The van der Waals surface area contributed by atoms with E-state index in [0.717, 1.165) is 35.3 Å². The first-order chi connectivity index (χ1) is 18.4. The van der Waals surface area contributed by atoms with Crippen molar-refractivity contribution in [3.8, 4) is 5.75 Å². The summed E-state index contributed by atoms with van der Waals surface area (Å²) in [6.45, 7) is 2.85. The fourth-order valence-corrected chi connectivity index (χ4v) is 5.29. The maximum Gasteiger partial charge on any atom is 0.243 e. The van der Waals surface area contributed by atoms with E-state index in [1.54, 1.807) is 24.1 Å². The standard InChI is InChI=1S/C30H34Cl2N2O3S/c1-3-4-16-33-30(36)28(17-22-8-6-5-7-9-22)34(19-24-12-13-25(31)18-27(24)32)29(35)21-38-20-23-10-14-26(37-2)15-11-23/h5-15,18,28H,3-4,16-17,19-21H2,1-2H3,(H,33,36)/t28-/m0/s1. The number of hydrogen-bond donors (Lipinski definition) is 1. The summed E-state index contributed by atoms with van der Waals surface area (Å²) in [6.07, 6.45) is 2.24. The number of ether oxygens (including phenoxy) is 1. The van der Waals surface area contributed by atoms with Crippen LogP contribution in [0.25, 0.3) is 0 Å². The Morgan fingerprint density at radius 3 is 2.39 bits per heavy atom. The Bertz CT molecular complexity index is 1180. The zero-order valence-corrected chi connectivity index (χ0v) is 24.1. The molecule has 0 saturated heterocycles. The lowest BCUT2D eigenvalue weighted by atomic mass is 10.0. The van der Waals surface area contributed by atoms with Gasteiger partial charge in [-0.15, -0.1) is 11.8 Å². The van der Waals surface area contributed by atoms with Gasteiger partial charge in [-0.05, 0) is 47.4 Å². The molecule has 0 heterocycles. The molecule has 0 aliphatic carbocycles. The first kappa shape index (κ1) is 29.9. The minimum Gasteiger partial charge on any atom is -0.497 e. The molecular formula is C30H34Cl2N2O3S. The number of nitrogens with one attached hydrogen (secondary N) is 1. The van der Waals surface area contributed by atoms with Crippen LogP contribution in [0, 0.1) is 0 Å². The fraction of sp³-hybridized carbons (Fsp3) is 0.333. The second-order valence-corrected chi connectivity index (χ2v) is 10.8. The number of methoxy groups -OCH3 is 1. The van der Waals surface area contributed by atoms with Gasteiger partial charge in [0, 0.05) is 35.3 Å². The lowest BCUT2D eigenvalue weighted by molar-refractivity contribution is -0.139. The van der Waals surface area contributed by atoms with Crippen molar-refractivity contribution in [2.45, 2.75) is 44.5 Å². The molecule has 38 heavy (non-hydrogen) atoms. The van der Waals surface area contributed by atoms with Crippen LogP contribution in [-0.2, 0) is 28.3 Å². The summed E-state index contributed by atoms with van der Waals surface area (Å²) in [5.74, 6) is 1.39. The summed E-state index contributed by atoms with van der Waals surface area (Å²) in [4.78, 5) is 28.9. The third-order valence-corrected chi connectivity index (χ3v) is 7.69. The molecule has 0 radical (unpaired) electrons. The van der Waals surface area contributed by atoms with Crippen molar-refractivity contribution in [1.29, 1.82) is 0 Å². The van der Waals surface area contributed by atoms with Crippen LogP contribution in [0.1, 0.15) is 36.5 Å². The molecule has 1 atom stereocenters. The Morgan fingerprint density at radius 1 is 1.00 bits per heavy atom. The van der Waals surface area contributed by atoms with Gasteiger partial charge in [-0.1, -0.05) is 85.1 Å². The lowest BCUT2D eigenvalue weighted by Crippen LogP contribution is -2.51. The van der Waals surface area contributed by atoms with E-state index in [-0.39, 0.29) is 24.1 Å². The van der Waals surface area contributed by atoms with Crippen LogP contribution in [0.3, 0.4) is 0 Å². The van der Waals surface area contributed by atoms with Gasteiger partial charge in [0.2, 0.25) is 11.8 Å². The Hall–Kier alpha value is -2.67. The van der Waals surface area contributed by atoms with Crippen LogP contribution < -0.4 is 10.1 Å². The predicted octanol–water partition coefficient (Wildman–Crippen LogP) is 6.79. The first-order valence-electron chi connectivity index (χ1n) is 12.7. The first-order valence-corrected chi connectivity index (χ1v) is 14.6. The quantitative estimate of drug-likeness (QED) is 0.216. The third kappa shape index (κ3) is 9.26. The van der Waals surface area contributed by atoms with Gasteiger partial charge in [-0.2, -0.15) is 0 Å². The number of rotatable bonds is 14. The molecule has 2 amide bonds. The molecule has 1 N–H and O–H groups in total. The number of carbonyl (C=O) groups excluding carboxylic acids is 2. The van der Waals surface area contributed by atoms with Crippen LogP contribution in [0.2, 0.25) is 10.0 Å². The number of hydrogen-bond acceptors (Lipinski definition) is 4. The van der Waals surface area contributed by atoms with E-state index in [4.69, 9.17) is 27.9 Å². The van der Waals surface area contributed by atoms with Crippen molar-refractivity contribution in [2.75, 3.05) is 19.4 Å². The van der Waals surface area contributed by atoms with E-state index in [0.29, 0.717) is 28.8 Å². The van der Waals surface area contributed by atoms with Crippen molar-refractivity contribution in [1.82, 2.24) is 10.2 Å². The highest BCUT2D eigenvalue weighted by Gasteiger charge is 2.30. The second-order valence-electron chi connectivity index (χ2n) is 8.95. The summed E-state index contributed by atoms with van der Waals surface area (Å²) < 4.78 is 5.23. The van der Waals surface area contributed by atoms with Gasteiger partial charge in [-0.3, -0.25) is 9.59 Å². The molecule has 3 rings (SSSR count). The minimum atomic E-state index is -0.685. The van der Waals surface area contributed by atoms with Gasteiger partial charge in [0.15, 0.2) is 0 Å². The molecule has 0 bridgehead atoms. The van der Waals surface area contributed by atoms with E-state index in [2.05, 4.69) is 12.2 Å². The van der Waals surface area contributed by atoms with Crippen molar-refractivity contribution in [3.05, 3.63) is 99.5 Å². The summed E-state index contributed by atoms with van der Waals surface area (Å²) in [6, 6.07) is 22.1. The summed E-state index contributed by atoms with van der Waals surface area (Å²) in [5.41, 5.74) is 2.81. The summed E-state index contributed by atoms with van der Waals surface area (Å²) >= 11 is 14.1. The van der Waals surface area contributed by atoms with E-state index in [1.165, 1.54) is 11.8 Å². The monoisotopic (exact) mass is 572 g/mol. The van der Waals surface area contributed by atoms with Gasteiger partial charge in [0.25, 0.3) is 0 Å². The van der Waals surface area contributed by atoms with E-state index >= 15 is 0 Å². The molecule has 0 spiro atoms. The highest BCUT2D eigenvalue weighted by molar-refractivity contribution is 7.99. The molecule has 0 fully saturated rings.